The van der Waals surface area contributed by atoms with Gasteiger partial charge in [-0.1, -0.05) is 6.92 Å². The Morgan fingerprint density at radius 2 is 2.43 bits per heavy atom. The summed E-state index contributed by atoms with van der Waals surface area (Å²) >= 11 is 0. The second-order valence-corrected chi connectivity index (χ2v) is 6.03. The first-order valence-corrected chi connectivity index (χ1v) is 7.97. The van der Waals surface area contributed by atoms with Gasteiger partial charge in [-0.3, -0.25) is 9.88 Å². The van der Waals surface area contributed by atoms with Crippen LogP contribution < -0.4 is 5.32 Å². The van der Waals surface area contributed by atoms with Crippen molar-refractivity contribution in [2.24, 2.45) is 0 Å². The molecule has 1 aromatic rings. The topological polar surface area (TPSA) is 37.4 Å². The first kappa shape index (κ1) is 14.9. The van der Waals surface area contributed by atoms with Gasteiger partial charge < -0.3 is 10.1 Å². The van der Waals surface area contributed by atoms with Crippen molar-refractivity contribution < 1.29 is 9.13 Å². The molecule has 0 saturated carbocycles. The number of pyridine rings is 1. The number of aromatic nitrogens is 1. The molecule has 0 radical (unpaired) electrons. The van der Waals surface area contributed by atoms with Crippen molar-refractivity contribution in [1.82, 2.24) is 15.2 Å². The van der Waals surface area contributed by atoms with Gasteiger partial charge in [0.2, 0.25) is 0 Å². The van der Waals surface area contributed by atoms with E-state index in [2.05, 4.69) is 22.1 Å². The lowest BCUT2D eigenvalue weighted by Crippen LogP contribution is -2.50. The number of halogens is 1. The van der Waals surface area contributed by atoms with E-state index in [0.717, 1.165) is 38.2 Å². The number of hydrogen-bond donors (Lipinski definition) is 1. The molecule has 5 heteroatoms. The number of nitrogens with zero attached hydrogens (tertiary/aromatic N) is 2. The molecule has 0 aliphatic carbocycles. The lowest BCUT2D eigenvalue weighted by atomic mass is 10.0. The average Bonchev–Trinajstić information content (AvgIpc) is 2.95. The van der Waals surface area contributed by atoms with Crippen LogP contribution in [0, 0.1) is 5.82 Å². The minimum Gasteiger partial charge on any atom is -0.373 e. The van der Waals surface area contributed by atoms with Crippen LogP contribution >= 0.6 is 0 Å². The Hall–Kier alpha value is -1.04. The fourth-order valence-electron chi connectivity index (χ4n) is 3.41. The van der Waals surface area contributed by atoms with Crippen LogP contribution in [0.5, 0.6) is 0 Å². The molecule has 4 nitrogen and oxygen atoms in total. The standard InChI is InChI=1S/C16H24FN3O/c1-2-5-19-16(12-7-13(17)9-18-8-12)15-10-20-6-3-4-14(20)11-21-15/h7-9,14-16,19H,2-6,10-11H2,1H3. The summed E-state index contributed by atoms with van der Waals surface area (Å²) in [5, 5.41) is 3.50. The van der Waals surface area contributed by atoms with Gasteiger partial charge >= 0.3 is 0 Å². The van der Waals surface area contributed by atoms with Crippen LogP contribution in [0.4, 0.5) is 4.39 Å². The summed E-state index contributed by atoms with van der Waals surface area (Å²) in [6.07, 6.45) is 6.60. The van der Waals surface area contributed by atoms with Gasteiger partial charge in [0.15, 0.2) is 0 Å². The Balaban J connectivity index is 1.75. The molecule has 0 aromatic carbocycles. The summed E-state index contributed by atoms with van der Waals surface area (Å²) in [6.45, 7) is 5.89. The van der Waals surface area contributed by atoms with Crippen molar-refractivity contribution >= 4 is 0 Å². The van der Waals surface area contributed by atoms with E-state index in [1.54, 1.807) is 12.3 Å². The van der Waals surface area contributed by atoms with E-state index in [1.165, 1.54) is 19.0 Å². The van der Waals surface area contributed by atoms with E-state index >= 15 is 0 Å². The highest BCUT2D eigenvalue weighted by molar-refractivity contribution is 5.17. The fourth-order valence-corrected chi connectivity index (χ4v) is 3.41. The zero-order valence-corrected chi connectivity index (χ0v) is 12.6. The van der Waals surface area contributed by atoms with Gasteiger partial charge in [-0.2, -0.15) is 0 Å². The van der Waals surface area contributed by atoms with Crippen LogP contribution in [0.1, 0.15) is 37.8 Å². The summed E-state index contributed by atoms with van der Waals surface area (Å²) in [6, 6.07) is 2.16. The van der Waals surface area contributed by atoms with Crippen molar-refractivity contribution in [3.63, 3.8) is 0 Å². The third kappa shape index (κ3) is 3.42. The lowest BCUT2D eigenvalue weighted by Gasteiger charge is -2.39. The number of morpholine rings is 1. The maximum absolute atomic E-state index is 13.5. The smallest absolute Gasteiger partial charge is 0.141 e. The van der Waals surface area contributed by atoms with E-state index in [9.17, 15) is 4.39 Å². The van der Waals surface area contributed by atoms with E-state index in [1.807, 2.05) is 0 Å². The van der Waals surface area contributed by atoms with Crippen LogP contribution in [0.3, 0.4) is 0 Å². The van der Waals surface area contributed by atoms with E-state index in [4.69, 9.17) is 4.74 Å². The zero-order valence-electron chi connectivity index (χ0n) is 12.6. The number of rotatable bonds is 5. The highest BCUT2D eigenvalue weighted by Gasteiger charge is 2.36. The lowest BCUT2D eigenvalue weighted by molar-refractivity contribution is -0.0653. The van der Waals surface area contributed by atoms with Crippen molar-refractivity contribution in [1.29, 1.82) is 0 Å². The molecule has 0 amide bonds. The molecule has 1 N–H and O–H groups in total. The highest BCUT2D eigenvalue weighted by Crippen LogP contribution is 2.28. The third-order valence-corrected chi connectivity index (χ3v) is 4.49. The number of fused-ring (bicyclic) bond motifs is 1. The number of hydrogen-bond acceptors (Lipinski definition) is 4. The summed E-state index contributed by atoms with van der Waals surface area (Å²) < 4.78 is 19.6. The van der Waals surface area contributed by atoms with Crippen molar-refractivity contribution in [2.45, 2.75) is 44.4 Å². The Morgan fingerprint density at radius 3 is 3.24 bits per heavy atom. The van der Waals surface area contributed by atoms with Gasteiger partial charge in [-0.15, -0.1) is 0 Å². The Bertz CT molecular complexity index is 471. The molecule has 2 saturated heterocycles. The van der Waals surface area contributed by atoms with Crippen molar-refractivity contribution in [2.75, 3.05) is 26.2 Å². The summed E-state index contributed by atoms with van der Waals surface area (Å²) in [5.74, 6) is -0.286. The van der Waals surface area contributed by atoms with Gasteiger partial charge in [-0.25, -0.2) is 4.39 Å². The summed E-state index contributed by atoms with van der Waals surface area (Å²) in [5.41, 5.74) is 0.881. The highest BCUT2D eigenvalue weighted by atomic mass is 19.1. The third-order valence-electron chi connectivity index (χ3n) is 4.49. The Labute approximate surface area is 125 Å². The Kier molecular flexibility index (Phi) is 4.83. The quantitative estimate of drug-likeness (QED) is 0.902. The molecular formula is C16H24FN3O. The predicted octanol–water partition coefficient (Wildman–Crippen LogP) is 2.12. The molecule has 3 rings (SSSR count). The molecule has 2 fully saturated rings. The van der Waals surface area contributed by atoms with Crippen LogP contribution in [-0.4, -0.2) is 48.3 Å². The molecule has 1 aromatic heterocycles. The monoisotopic (exact) mass is 293 g/mol. The minimum atomic E-state index is -0.286. The Morgan fingerprint density at radius 1 is 1.52 bits per heavy atom. The number of nitrogens with one attached hydrogen (secondary N) is 1. The molecule has 2 aliphatic heterocycles. The van der Waals surface area contributed by atoms with E-state index in [-0.39, 0.29) is 18.0 Å². The minimum absolute atomic E-state index is 0.00898. The average molecular weight is 293 g/mol. The molecule has 0 spiro atoms. The first-order chi connectivity index (χ1) is 10.3. The molecule has 0 bridgehead atoms. The van der Waals surface area contributed by atoms with E-state index in [0.29, 0.717) is 6.04 Å². The van der Waals surface area contributed by atoms with Gasteiger partial charge in [-0.05, 0) is 44.0 Å². The second-order valence-electron chi connectivity index (χ2n) is 6.03. The number of ether oxygens (including phenoxy) is 1. The zero-order chi connectivity index (χ0) is 14.7. The molecule has 3 atom stereocenters. The summed E-state index contributed by atoms with van der Waals surface area (Å²) in [7, 11) is 0. The molecule has 3 unspecified atom stereocenters. The van der Waals surface area contributed by atoms with Gasteiger partial charge in [0.05, 0.1) is 24.9 Å². The van der Waals surface area contributed by atoms with Gasteiger partial charge in [0.25, 0.3) is 0 Å². The SMILES string of the molecule is CCCNC(c1cncc(F)c1)C1CN2CCCC2CO1. The molecule has 116 valence electrons. The largest absolute Gasteiger partial charge is 0.373 e. The normalized spacial score (nSPS) is 27.5. The van der Waals surface area contributed by atoms with Crippen LogP contribution in [0.25, 0.3) is 0 Å². The van der Waals surface area contributed by atoms with Gasteiger partial charge in [0.1, 0.15) is 5.82 Å². The maximum atomic E-state index is 13.5. The fraction of sp³-hybridized carbons (Fsp3) is 0.688. The molecule has 21 heavy (non-hydrogen) atoms. The maximum Gasteiger partial charge on any atom is 0.141 e. The van der Waals surface area contributed by atoms with Crippen LogP contribution in [0.2, 0.25) is 0 Å². The molecule has 2 aliphatic rings. The first-order valence-electron chi connectivity index (χ1n) is 7.97. The van der Waals surface area contributed by atoms with Crippen molar-refractivity contribution in [3.8, 4) is 0 Å². The van der Waals surface area contributed by atoms with Crippen LogP contribution in [0.15, 0.2) is 18.5 Å². The molecular weight excluding hydrogens is 269 g/mol. The van der Waals surface area contributed by atoms with Crippen LogP contribution in [-0.2, 0) is 4.74 Å². The second kappa shape index (κ2) is 6.81. The molecule has 3 heterocycles. The van der Waals surface area contributed by atoms with Crippen molar-refractivity contribution in [3.05, 3.63) is 29.8 Å². The van der Waals surface area contributed by atoms with Gasteiger partial charge in [0, 0.05) is 18.8 Å². The summed E-state index contributed by atoms with van der Waals surface area (Å²) in [4.78, 5) is 6.51. The van der Waals surface area contributed by atoms with E-state index < -0.39 is 0 Å². The predicted molar refractivity (Wildman–Crippen MR) is 79.6 cm³/mol.